The summed E-state index contributed by atoms with van der Waals surface area (Å²) >= 11 is 0. The summed E-state index contributed by atoms with van der Waals surface area (Å²) in [5.74, 6) is -1.36. The Balaban J connectivity index is 0.00000242. The Bertz CT molecular complexity index is 683. The Morgan fingerprint density at radius 2 is 2.09 bits per heavy atom. The zero-order valence-electron chi connectivity index (χ0n) is 12.1. The maximum absolute atomic E-state index is 13.8. The molecular formula is C13H19ClFN3O3S. The molecule has 0 spiro atoms. The molecule has 0 aromatic heterocycles. The van der Waals surface area contributed by atoms with Gasteiger partial charge < -0.3 is 10.6 Å². The van der Waals surface area contributed by atoms with E-state index in [-0.39, 0.29) is 29.3 Å². The van der Waals surface area contributed by atoms with Crippen molar-refractivity contribution in [1.82, 2.24) is 4.90 Å². The van der Waals surface area contributed by atoms with Crippen molar-refractivity contribution in [3.8, 4) is 0 Å². The minimum absolute atomic E-state index is 0. The van der Waals surface area contributed by atoms with E-state index in [0.29, 0.717) is 19.6 Å². The highest BCUT2D eigenvalue weighted by Crippen LogP contribution is 2.29. The summed E-state index contributed by atoms with van der Waals surface area (Å²) in [5, 5.41) is 4.88. The summed E-state index contributed by atoms with van der Waals surface area (Å²) in [6, 6.07) is 3.18. The fraction of sp³-hybridized carbons (Fsp3) is 0.462. The fourth-order valence-corrected chi connectivity index (χ4v) is 3.00. The Kier molecular flexibility index (Phi) is 5.56. The highest BCUT2D eigenvalue weighted by molar-refractivity contribution is 7.89. The smallest absolute Gasteiger partial charge is 0.253 e. The molecule has 0 bridgehead atoms. The Hall–Kier alpha value is -1.22. The van der Waals surface area contributed by atoms with E-state index in [1.165, 1.54) is 6.07 Å². The monoisotopic (exact) mass is 351 g/mol. The van der Waals surface area contributed by atoms with Crippen LogP contribution >= 0.6 is 12.4 Å². The molecule has 2 rings (SSSR count). The van der Waals surface area contributed by atoms with Crippen LogP contribution in [0.25, 0.3) is 0 Å². The molecule has 1 saturated heterocycles. The van der Waals surface area contributed by atoms with E-state index in [1.807, 2.05) is 6.92 Å². The van der Waals surface area contributed by atoms with E-state index in [4.69, 9.17) is 10.9 Å². The number of sulfonamides is 1. The van der Waals surface area contributed by atoms with Crippen molar-refractivity contribution in [1.29, 1.82) is 0 Å². The summed E-state index contributed by atoms with van der Waals surface area (Å²) in [5.41, 5.74) is 5.65. The van der Waals surface area contributed by atoms with Crippen LogP contribution in [0.15, 0.2) is 23.1 Å². The summed E-state index contributed by atoms with van der Waals surface area (Å²) in [6.07, 6.45) is 0.785. The quantitative estimate of drug-likeness (QED) is 0.836. The van der Waals surface area contributed by atoms with Gasteiger partial charge in [-0.3, -0.25) is 4.79 Å². The maximum atomic E-state index is 13.8. The molecule has 0 radical (unpaired) electrons. The van der Waals surface area contributed by atoms with Gasteiger partial charge in [0.05, 0.1) is 0 Å². The van der Waals surface area contributed by atoms with Gasteiger partial charge in [-0.2, -0.15) is 0 Å². The second-order valence-corrected chi connectivity index (χ2v) is 7.21. The number of amides is 1. The predicted octanol–water partition coefficient (Wildman–Crippen LogP) is 0.706. The Morgan fingerprint density at radius 3 is 2.55 bits per heavy atom. The highest BCUT2D eigenvalue weighted by Gasteiger charge is 2.35. The first kappa shape index (κ1) is 18.8. The highest BCUT2D eigenvalue weighted by atomic mass is 35.5. The number of halogens is 2. The van der Waals surface area contributed by atoms with Gasteiger partial charge in [0.15, 0.2) is 0 Å². The lowest BCUT2D eigenvalue weighted by Gasteiger charge is -2.22. The normalized spacial score (nSPS) is 21.5. The number of hydrogen-bond acceptors (Lipinski definition) is 4. The average Bonchev–Trinajstić information content (AvgIpc) is 2.80. The first-order valence-electron chi connectivity index (χ1n) is 6.48. The first-order chi connectivity index (χ1) is 9.66. The number of nitrogens with zero attached hydrogens (tertiary/aromatic N) is 1. The van der Waals surface area contributed by atoms with E-state index in [0.717, 1.165) is 18.6 Å². The molecule has 124 valence electrons. The number of likely N-dealkylation sites (tertiary alicyclic amines) is 1. The molecular weight excluding hydrogens is 333 g/mol. The molecule has 1 amide bonds. The largest absolute Gasteiger partial charge is 0.338 e. The van der Waals surface area contributed by atoms with Gasteiger partial charge in [0, 0.05) is 18.7 Å². The van der Waals surface area contributed by atoms with Crippen molar-refractivity contribution >= 4 is 28.3 Å². The van der Waals surface area contributed by atoms with Gasteiger partial charge in [-0.1, -0.05) is 6.92 Å². The van der Waals surface area contributed by atoms with Crippen molar-refractivity contribution in [3.63, 3.8) is 0 Å². The van der Waals surface area contributed by atoms with Crippen molar-refractivity contribution in [2.24, 2.45) is 16.3 Å². The predicted molar refractivity (Wildman–Crippen MR) is 82.7 cm³/mol. The minimum atomic E-state index is -4.13. The molecule has 1 heterocycles. The number of nitrogens with two attached hydrogens (primary N) is 2. The van der Waals surface area contributed by atoms with Crippen molar-refractivity contribution in [2.75, 3.05) is 19.6 Å². The molecule has 1 aromatic rings. The second-order valence-electron chi connectivity index (χ2n) is 5.68. The maximum Gasteiger partial charge on any atom is 0.253 e. The minimum Gasteiger partial charge on any atom is -0.338 e. The number of carbonyl (C=O) groups excluding carboxylic acids is 1. The van der Waals surface area contributed by atoms with Gasteiger partial charge in [-0.25, -0.2) is 17.9 Å². The van der Waals surface area contributed by atoms with Crippen molar-refractivity contribution in [2.45, 2.75) is 18.2 Å². The molecule has 1 atom stereocenters. The van der Waals surface area contributed by atoms with E-state index in [9.17, 15) is 17.6 Å². The van der Waals surface area contributed by atoms with Crippen LogP contribution in [-0.2, 0) is 10.0 Å². The van der Waals surface area contributed by atoms with E-state index in [1.54, 1.807) is 4.90 Å². The number of hydrogen-bond donors (Lipinski definition) is 2. The lowest BCUT2D eigenvalue weighted by molar-refractivity contribution is 0.0776. The molecule has 9 heteroatoms. The van der Waals surface area contributed by atoms with Crippen LogP contribution in [0.1, 0.15) is 23.7 Å². The third-order valence-electron chi connectivity index (χ3n) is 3.82. The van der Waals surface area contributed by atoms with Gasteiger partial charge in [-0.05, 0) is 36.6 Å². The van der Waals surface area contributed by atoms with Gasteiger partial charge in [0.25, 0.3) is 5.91 Å². The Morgan fingerprint density at radius 1 is 1.45 bits per heavy atom. The average molecular weight is 352 g/mol. The second kappa shape index (κ2) is 6.49. The third kappa shape index (κ3) is 3.75. The third-order valence-corrected chi connectivity index (χ3v) is 4.77. The van der Waals surface area contributed by atoms with Gasteiger partial charge in [0.2, 0.25) is 10.0 Å². The van der Waals surface area contributed by atoms with Crippen molar-refractivity contribution < 1.29 is 17.6 Å². The summed E-state index contributed by atoms with van der Waals surface area (Å²) in [7, 11) is -4.13. The zero-order valence-corrected chi connectivity index (χ0v) is 13.7. The van der Waals surface area contributed by atoms with Crippen LogP contribution in [0.2, 0.25) is 0 Å². The molecule has 1 aromatic carbocycles. The van der Waals surface area contributed by atoms with Gasteiger partial charge in [0.1, 0.15) is 10.7 Å². The SMILES string of the molecule is CC1(CN)CCN(C(=O)c2ccc(S(N)(=O)=O)c(F)c2)C1.Cl. The number of primary sulfonamides is 1. The lowest BCUT2D eigenvalue weighted by atomic mass is 9.90. The molecule has 0 saturated carbocycles. The molecule has 22 heavy (non-hydrogen) atoms. The molecule has 1 aliphatic heterocycles. The van der Waals surface area contributed by atoms with Gasteiger partial charge in [-0.15, -0.1) is 12.4 Å². The van der Waals surface area contributed by atoms with Crippen LogP contribution in [0.5, 0.6) is 0 Å². The molecule has 1 fully saturated rings. The molecule has 1 unspecified atom stereocenters. The number of benzene rings is 1. The standard InChI is InChI=1S/C13H18FN3O3S.ClH/c1-13(7-15)4-5-17(8-13)12(18)9-2-3-11(10(14)6-9)21(16,19)20;/h2-3,6H,4-5,7-8,15H2,1H3,(H2,16,19,20);1H. The number of rotatable bonds is 3. The van der Waals surface area contributed by atoms with Crippen LogP contribution in [0.4, 0.5) is 4.39 Å². The van der Waals surface area contributed by atoms with Crippen LogP contribution in [0.3, 0.4) is 0 Å². The molecule has 0 aliphatic carbocycles. The van der Waals surface area contributed by atoms with Crippen LogP contribution < -0.4 is 10.9 Å². The summed E-state index contributed by atoms with van der Waals surface area (Å²) in [6.45, 7) is 3.51. The van der Waals surface area contributed by atoms with Crippen molar-refractivity contribution in [3.05, 3.63) is 29.6 Å². The molecule has 1 aliphatic rings. The summed E-state index contributed by atoms with van der Waals surface area (Å²) < 4.78 is 36.0. The van der Waals surface area contributed by atoms with E-state index in [2.05, 4.69) is 0 Å². The molecule has 4 N–H and O–H groups in total. The topological polar surface area (TPSA) is 106 Å². The zero-order chi connectivity index (χ0) is 15.8. The first-order valence-corrected chi connectivity index (χ1v) is 8.03. The summed E-state index contributed by atoms with van der Waals surface area (Å²) in [4.78, 5) is 13.3. The van der Waals surface area contributed by atoms with Gasteiger partial charge >= 0.3 is 0 Å². The van der Waals surface area contributed by atoms with Crippen LogP contribution in [-0.4, -0.2) is 38.9 Å². The van der Waals surface area contributed by atoms with Crippen LogP contribution in [0, 0.1) is 11.2 Å². The fourth-order valence-electron chi connectivity index (χ4n) is 2.41. The van der Waals surface area contributed by atoms with E-state index < -0.39 is 20.7 Å². The Labute approximate surface area is 135 Å². The molecule has 6 nitrogen and oxygen atoms in total. The van der Waals surface area contributed by atoms with E-state index >= 15 is 0 Å². The number of carbonyl (C=O) groups is 1. The lowest BCUT2D eigenvalue weighted by Crippen LogP contribution is -2.34.